The van der Waals surface area contributed by atoms with Crippen molar-refractivity contribution in [2.45, 2.75) is 32.4 Å². The van der Waals surface area contributed by atoms with Crippen LogP contribution in [-0.4, -0.2) is 55.3 Å². The molecule has 1 saturated heterocycles. The molecule has 1 fully saturated rings. The maximum absolute atomic E-state index is 12.4. The van der Waals surface area contributed by atoms with Crippen LogP contribution >= 0.6 is 0 Å². The molecule has 1 aromatic rings. The Kier molecular flexibility index (Phi) is 4.90. The fourth-order valence-electron chi connectivity index (χ4n) is 2.40. The van der Waals surface area contributed by atoms with Crippen molar-refractivity contribution in [3.63, 3.8) is 0 Å². The lowest BCUT2D eigenvalue weighted by atomic mass is 10.1. The van der Waals surface area contributed by atoms with Crippen LogP contribution in [-0.2, 0) is 4.74 Å². The lowest BCUT2D eigenvalue weighted by molar-refractivity contribution is 0.0117. The largest absolute Gasteiger partial charge is 0.444 e. The molecule has 0 aromatic carbocycles. The van der Waals surface area contributed by atoms with Gasteiger partial charge in [-0.2, -0.15) is 0 Å². The zero-order chi connectivity index (χ0) is 16.3. The highest BCUT2D eigenvalue weighted by Crippen LogP contribution is 2.25. The van der Waals surface area contributed by atoms with Gasteiger partial charge in [-0.25, -0.2) is 9.78 Å². The van der Waals surface area contributed by atoms with E-state index in [1.54, 1.807) is 4.90 Å². The zero-order valence-electron chi connectivity index (χ0n) is 14.1. The van der Waals surface area contributed by atoms with Crippen molar-refractivity contribution in [2.75, 3.05) is 38.6 Å². The first-order valence-corrected chi connectivity index (χ1v) is 7.61. The number of rotatable bonds is 2. The first-order chi connectivity index (χ1) is 10.3. The monoisotopic (exact) mass is 306 g/mol. The quantitative estimate of drug-likeness (QED) is 0.906. The Balaban J connectivity index is 2.17. The first-order valence-electron chi connectivity index (χ1n) is 7.61. The molecule has 1 aliphatic rings. The molecule has 0 bridgehead atoms. The molecule has 0 aliphatic carbocycles. The topological polar surface area (TPSA) is 57.7 Å². The van der Waals surface area contributed by atoms with Crippen LogP contribution in [0.2, 0.25) is 0 Å². The number of hydrogen-bond acceptors (Lipinski definition) is 5. The van der Waals surface area contributed by atoms with Gasteiger partial charge in [-0.05, 0) is 32.4 Å². The van der Waals surface area contributed by atoms with Crippen molar-refractivity contribution in [3.05, 3.63) is 23.9 Å². The molecule has 22 heavy (non-hydrogen) atoms. The lowest BCUT2D eigenvalue weighted by Gasteiger charge is -2.37. The number of nitrogens with one attached hydrogen (secondary N) is 1. The van der Waals surface area contributed by atoms with Crippen LogP contribution in [0.4, 0.5) is 10.6 Å². The van der Waals surface area contributed by atoms with Crippen molar-refractivity contribution < 1.29 is 9.53 Å². The summed E-state index contributed by atoms with van der Waals surface area (Å²) in [6.45, 7) is 7.77. The molecular weight excluding hydrogens is 280 g/mol. The normalized spacial score (nSPS) is 19.0. The number of aromatic nitrogens is 1. The van der Waals surface area contributed by atoms with Crippen LogP contribution in [0.3, 0.4) is 0 Å². The van der Waals surface area contributed by atoms with Gasteiger partial charge in [0.05, 0.1) is 6.04 Å². The number of amides is 1. The maximum Gasteiger partial charge on any atom is 0.410 e. The van der Waals surface area contributed by atoms with E-state index < -0.39 is 5.60 Å². The fourth-order valence-corrected chi connectivity index (χ4v) is 2.40. The Morgan fingerprint density at radius 1 is 1.41 bits per heavy atom. The number of anilines is 1. The van der Waals surface area contributed by atoms with Gasteiger partial charge in [0.15, 0.2) is 0 Å². The number of nitrogens with zero attached hydrogens (tertiary/aromatic N) is 3. The van der Waals surface area contributed by atoms with Crippen molar-refractivity contribution in [1.29, 1.82) is 0 Å². The summed E-state index contributed by atoms with van der Waals surface area (Å²) in [7, 11) is 3.91. The molecule has 1 N–H and O–H groups in total. The predicted molar refractivity (Wildman–Crippen MR) is 87.1 cm³/mol. The summed E-state index contributed by atoms with van der Waals surface area (Å²) in [4.78, 5) is 20.6. The van der Waals surface area contributed by atoms with E-state index in [1.165, 1.54) is 0 Å². The molecule has 1 unspecified atom stereocenters. The van der Waals surface area contributed by atoms with Crippen LogP contribution in [0.15, 0.2) is 18.3 Å². The van der Waals surface area contributed by atoms with Crippen molar-refractivity contribution in [2.24, 2.45) is 0 Å². The van der Waals surface area contributed by atoms with Gasteiger partial charge < -0.3 is 15.0 Å². The van der Waals surface area contributed by atoms with Crippen LogP contribution in [0.1, 0.15) is 32.4 Å². The molecule has 2 rings (SSSR count). The smallest absolute Gasteiger partial charge is 0.410 e. The number of carbonyl (C=O) groups excluding carboxylic acids is 1. The minimum atomic E-state index is -0.487. The SMILES string of the molecule is CN(C)c1ccc(C2CNCCN2C(=O)OC(C)(C)C)cn1. The van der Waals surface area contributed by atoms with Gasteiger partial charge in [0, 0.05) is 39.9 Å². The van der Waals surface area contributed by atoms with Gasteiger partial charge in [0.1, 0.15) is 11.4 Å². The molecule has 6 heteroatoms. The van der Waals surface area contributed by atoms with Gasteiger partial charge in [0.2, 0.25) is 0 Å². The highest BCUT2D eigenvalue weighted by Gasteiger charge is 2.31. The van der Waals surface area contributed by atoms with Gasteiger partial charge in [-0.15, -0.1) is 0 Å². The highest BCUT2D eigenvalue weighted by atomic mass is 16.6. The molecule has 0 spiro atoms. The van der Waals surface area contributed by atoms with Gasteiger partial charge in [-0.3, -0.25) is 4.90 Å². The second kappa shape index (κ2) is 6.52. The number of pyridine rings is 1. The molecule has 6 nitrogen and oxygen atoms in total. The van der Waals surface area contributed by atoms with Crippen LogP contribution in [0.5, 0.6) is 0 Å². The van der Waals surface area contributed by atoms with Gasteiger partial charge >= 0.3 is 6.09 Å². The molecule has 1 aromatic heterocycles. The Morgan fingerprint density at radius 2 is 2.14 bits per heavy atom. The molecule has 2 heterocycles. The summed E-state index contributed by atoms with van der Waals surface area (Å²) in [5.41, 5.74) is 0.531. The third-order valence-electron chi connectivity index (χ3n) is 3.49. The van der Waals surface area contributed by atoms with Crippen molar-refractivity contribution >= 4 is 11.9 Å². The second-order valence-electron chi connectivity index (χ2n) is 6.74. The highest BCUT2D eigenvalue weighted by molar-refractivity contribution is 5.69. The van der Waals surface area contributed by atoms with E-state index in [9.17, 15) is 4.79 Å². The van der Waals surface area contributed by atoms with Crippen LogP contribution < -0.4 is 10.2 Å². The summed E-state index contributed by atoms with van der Waals surface area (Å²) in [5, 5.41) is 3.33. The summed E-state index contributed by atoms with van der Waals surface area (Å²) in [5.74, 6) is 0.899. The third kappa shape index (κ3) is 4.10. The summed E-state index contributed by atoms with van der Waals surface area (Å²) in [6, 6.07) is 3.95. The Bertz CT molecular complexity index is 508. The summed E-state index contributed by atoms with van der Waals surface area (Å²) < 4.78 is 5.52. The fraction of sp³-hybridized carbons (Fsp3) is 0.625. The average molecular weight is 306 g/mol. The molecule has 0 saturated carbocycles. The zero-order valence-corrected chi connectivity index (χ0v) is 14.1. The Hall–Kier alpha value is -1.82. The van der Waals surface area contributed by atoms with E-state index in [1.807, 2.05) is 58.1 Å². The lowest BCUT2D eigenvalue weighted by Crippen LogP contribution is -2.50. The summed E-state index contributed by atoms with van der Waals surface area (Å²) in [6.07, 6.45) is 1.57. The minimum Gasteiger partial charge on any atom is -0.444 e. The summed E-state index contributed by atoms with van der Waals surface area (Å²) >= 11 is 0. The predicted octanol–water partition coefficient (Wildman–Crippen LogP) is 2.03. The Morgan fingerprint density at radius 3 is 2.68 bits per heavy atom. The third-order valence-corrected chi connectivity index (χ3v) is 3.49. The van der Waals surface area contributed by atoms with E-state index in [2.05, 4.69) is 10.3 Å². The standard InChI is InChI=1S/C16H26N4O2/c1-16(2,3)22-15(21)20-9-8-17-11-13(20)12-6-7-14(18-10-12)19(4)5/h6-7,10,13,17H,8-9,11H2,1-5H3. The van der Waals surface area contributed by atoms with E-state index >= 15 is 0 Å². The minimum absolute atomic E-state index is 0.0488. The maximum atomic E-state index is 12.4. The molecule has 0 radical (unpaired) electrons. The molecule has 1 atom stereocenters. The number of carbonyl (C=O) groups is 1. The average Bonchev–Trinajstić information content (AvgIpc) is 2.45. The second-order valence-corrected chi connectivity index (χ2v) is 6.74. The van der Waals surface area contributed by atoms with E-state index in [0.717, 1.165) is 17.9 Å². The molecule has 1 amide bonds. The van der Waals surface area contributed by atoms with Gasteiger partial charge in [-0.1, -0.05) is 6.07 Å². The number of piperazine rings is 1. The molecule has 1 aliphatic heterocycles. The van der Waals surface area contributed by atoms with Gasteiger partial charge in [0.25, 0.3) is 0 Å². The van der Waals surface area contributed by atoms with E-state index in [0.29, 0.717) is 13.1 Å². The van der Waals surface area contributed by atoms with E-state index in [-0.39, 0.29) is 12.1 Å². The molecule has 122 valence electrons. The van der Waals surface area contributed by atoms with Crippen LogP contribution in [0, 0.1) is 0 Å². The first kappa shape index (κ1) is 16.5. The Labute approximate surface area is 132 Å². The number of ether oxygens (including phenoxy) is 1. The number of hydrogen-bond donors (Lipinski definition) is 1. The van der Waals surface area contributed by atoms with Crippen molar-refractivity contribution in [1.82, 2.24) is 15.2 Å². The van der Waals surface area contributed by atoms with Crippen LogP contribution in [0.25, 0.3) is 0 Å². The van der Waals surface area contributed by atoms with Crippen molar-refractivity contribution in [3.8, 4) is 0 Å². The van der Waals surface area contributed by atoms with E-state index in [4.69, 9.17) is 4.74 Å². The molecular formula is C16H26N4O2.